The zero-order chi connectivity index (χ0) is 24.1. The molecule has 3 aromatic rings. The Morgan fingerprint density at radius 1 is 0.939 bits per heavy atom. The van der Waals surface area contributed by atoms with Crippen molar-refractivity contribution in [2.24, 2.45) is 0 Å². The monoisotopic (exact) mass is 466 g/mol. The van der Waals surface area contributed by atoms with Crippen molar-refractivity contribution in [1.82, 2.24) is 5.32 Å². The van der Waals surface area contributed by atoms with Gasteiger partial charge < -0.3 is 10.1 Å². The minimum Gasteiger partial charge on any atom is -0.492 e. The Bertz CT molecular complexity index is 1200. The average molecular weight is 467 g/mol. The summed E-state index contributed by atoms with van der Waals surface area (Å²) in [6.07, 6.45) is 0. The number of hydrogen-bond donors (Lipinski definition) is 2. The summed E-state index contributed by atoms with van der Waals surface area (Å²) in [6, 6.07) is 20.9. The van der Waals surface area contributed by atoms with Crippen LogP contribution in [0.4, 0.5) is 5.69 Å². The molecule has 2 N–H and O–H groups in total. The summed E-state index contributed by atoms with van der Waals surface area (Å²) in [5, 5.41) is 2.82. The average Bonchev–Trinajstić information content (AvgIpc) is 2.78. The summed E-state index contributed by atoms with van der Waals surface area (Å²) in [7, 11) is -3.69. The number of rotatable bonds is 8. The molecule has 7 heteroatoms. The fraction of sp³-hybridized carbons (Fsp3) is 0.269. The molecule has 6 nitrogen and oxygen atoms in total. The highest BCUT2D eigenvalue weighted by atomic mass is 32.2. The lowest BCUT2D eigenvalue weighted by atomic mass is 9.87. The molecule has 0 heterocycles. The second kappa shape index (κ2) is 10.1. The largest absolute Gasteiger partial charge is 0.492 e. The second-order valence-corrected chi connectivity index (χ2v) is 10.5. The lowest BCUT2D eigenvalue weighted by Crippen LogP contribution is -2.28. The van der Waals surface area contributed by atoms with Crippen molar-refractivity contribution in [3.05, 3.63) is 89.5 Å². The number of carbonyl (C=O) groups excluding carboxylic acids is 1. The van der Waals surface area contributed by atoms with Crippen LogP contribution in [0.1, 0.15) is 42.3 Å². The molecular formula is C26H30N2O4S. The van der Waals surface area contributed by atoms with Crippen LogP contribution in [-0.2, 0) is 15.4 Å². The normalized spacial score (nSPS) is 11.6. The van der Waals surface area contributed by atoms with Crippen molar-refractivity contribution in [3.63, 3.8) is 0 Å². The van der Waals surface area contributed by atoms with Gasteiger partial charge in [0.15, 0.2) is 0 Å². The highest BCUT2D eigenvalue weighted by Gasteiger charge is 2.16. The van der Waals surface area contributed by atoms with E-state index >= 15 is 0 Å². The van der Waals surface area contributed by atoms with Gasteiger partial charge in [-0.1, -0.05) is 51.1 Å². The van der Waals surface area contributed by atoms with Gasteiger partial charge in [0.2, 0.25) is 0 Å². The third-order valence-electron chi connectivity index (χ3n) is 5.16. The Morgan fingerprint density at radius 2 is 1.61 bits per heavy atom. The van der Waals surface area contributed by atoms with Gasteiger partial charge in [0.25, 0.3) is 15.9 Å². The van der Waals surface area contributed by atoms with Crippen LogP contribution < -0.4 is 14.8 Å². The van der Waals surface area contributed by atoms with Crippen LogP contribution in [0.2, 0.25) is 0 Å². The third kappa shape index (κ3) is 6.58. The SMILES string of the molecule is Cc1cc(C(=O)NCCOc2ccc(C(C)(C)C)cc2)ccc1NS(=O)(=O)c1ccccc1. The summed E-state index contributed by atoms with van der Waals surface area (Å²) in [6.45, 7) is 8.92. The lowest BCUT2D eigenvalue weighted by Gasteiger charge is -2.19. The molecule has 3 aromatic carbocycles. The molecule has 0 aliphatic rings. The molecule has 0 spiro atoms. The van der Waals surface area contributed by atoms with Gasteiger partial charge in [-0.05, 0) is 65.9 Å². The molecule has 0 aliphatic carbocycles. The first kappa shape index (κ1) is 24.3. The number of aryl methyl sites for hydroxylation is 1. The standard InChI is InChI=1S/C26H30N2O4S/c1-19-18-20(10-15-24(19)28-33(30,31)23-8-6-5-7-9-23)25(29)27-16-17-32-22-13-11-21(12-14-22)26(2,3)4/h5-15,18,28H,16-17H2,1-4H3,(H,27,29). The quantitative estimate of drug-likeness (QED) is 0.463. The van der Waals surface area contributed by atoms with Crippen molar-refractivity contribution in [3.8, 4) is 5.75 Å². The molecule has 0 bridgehead atoms. The van der Waals surface area contributed by atoms with E-state index < -0.39 is 10.0 Å². The summed E-state index contributed by atoms with van der Waals surface area (Å²) in [5.74, 6) is 0.505. The van der Waals surface area contributed by atoms with Gasteiger partial charge >= 0.3 is 0 Å². The highest BCUT2D eigenvalue weighted by Crippen LogP contribution is 2.24. The number of nitrogens with one attached hydrogen (secondary N) is 2. The van der Waals surface area contributed by atoms with Crippen molar-refractivity contribution in [2.45, 2.75) is 38.0 Å². The first-order chi connectivity index (χ1) is 15.6. The van der Waals surface area contributed by atoms with Gasteiger partial charge in [0, 0.05) is 5.56 Å². The second-order valence-electron chi connectivity index (χ2n) is 8.83. The van der Waals surface area contributed by atoms with Crippen LogP contribution in [0.25, 0.3) is 0 Å². The molecule has 0 aromatic heterocycles. The summed E-state index contributed by atoms with van der Waals surface area (Å²) in [4.78, 5) is 12.7. The number of hydrogen-bond acceptors (Lipinski definition) is 4. The predicted molar refractivity (Wildman–Crippen MR) is 131 cm³/mol. The van der Waals surface area contributed by atoms with Gasteiger partial charge in [0.1, 0.15) is 12.4 Å². The maximum Gasteiger partial charge on any atom is 0.261 e. The molecule has 0 fully saturated rings. The van der Waals surface area contributed by atoms with Gasteiger partial charge in [-0.15, -0.1) is 0 Å². The van der Waals surface area contributed by atoms with Crippen molar-refractivity contribution >= 4 is 21.6 Å². The maximum atomic E-state index is 12.5. The fourth-order valence-electron chi connectivity index (χ4n) is 3.21. The molecule has 0 radical (unpaired) electrons. The summed E-state index contributed by atoms with van der Waals surface area (Å²) >= 11 is 0. The van der Waals surface area contributed by atoms with Gasteiger partial charge in [-0.3, -0.25) is 9.52 Å². The topological polar surface area (TPSA) is 84.5 Å². The summed E-state index contributed by atoms with van der Waals surface area (Å²) < 4.78 is 33.3. The van der Waals surface area contributed by atoms with E-state index in [1.165, 1.54) is 17.7 Å². The maximum absolute atomic E-state index is 12.5. The van der Waals surface area contributed by atoms with E-state index in [9.17, 15) is 13.2 Å². The Labute approximate surface area is 196 Å². The van der Waals surface area contributed by atoms with Crippen LogP contribution in [0.15, 0.2) is 77.7 Å². The van der Waals surface area contributed by atoms with E-state index in [2.05, 4.69) is 30.8 Å². The van der Waals surface area contributed by atoms with E-state index in [0.29, 0.717) is 30.0 Å². The number of sulfonamides is 1. The smallest absolute Gasteiger partial charge is 0.261 e. The zero-order valence-corrected chi connectivity index (χ0v) is 20.2. The first-order valence-corrected chi connectivity index (χ1v) is 12.2. The predicted octanol–water partition coefficient (Wildman–Crippen LogP) is 4.90. The Hall–Kier alpha value is -3.32. The molecule has 33 heavy (non-hydrogen) atoms. The Balaban J connectivity index is 1.53. The molecule has 1 amide bonds. The van der Waals surface area contributed by atoms with Crippen LogP contribution in [0.5, 0.6) is 5.75 Å². The highest BCUT2D eigenvalue weighted by molar-refractivity contribution is 7.92. The number of carbonyl (C=O) groups is 1. The minimum atomic E-state index is -3.69. The Kier molecular flexibility index (Phi) is 7.43. The van der Waals surface area contributed by atoms with E-state index in [0.717, 1.165) is 5.75 Å². The molecular weight excluding hydrogens is 436 g/mol. The number of ether oxygens (including phenoxy) is 1. The van der Waals surface area contributed by atoms with Crippen LogP contribution in [-0.4, -0.2) is 27.5 Å². The number of benzene rings is 3. The molecule has 174 valence electrons. The third-order valence-corrected chi connectivity index (χ3v) is 6.54. The van der Waals surface area contributed by atoms with Crippen molar-refractivity contribution in [1.29, 1.82) is 0 Å². The van der Waals surface area contributed by atoms with E-state index in [4.69, 9.17) is 4.74 Å². The van der Waals surface area contributed by atoms with Crippen LogP contribution >= 0.6 is 0 Å². The Morgan fingerprint density at radius 3 is 2.21 bits per heavy atom. The fourth-order valence-corrected chi connectivity index (χ4v) is 4.36. The van der Waals surface area contributed by atoms with E-state index in [-0.39, 0.29) is 16.2 Å². The zero-order valence-electron chi connectivity index (χ0n) is 19.4. The van der Waals surface area contributed by atoms with Crippen LogP contribution in [0, 0.1) is 6.92 Å². The molecule has 0 unspecified atom stereocenters. The molecule has 0 aliphatic heterocycles. The number of anilines is 1. The van der Waals surface area contributed by atoms with Crippen molar-refractivity contribution < 1.29 is 17.9 Å². The minimum absolute atomic E-state index is 0.0848. The van der Waals surface area contributed by atoms with Crippen LogP contribution in [0.3, 0.4) is 0 Å². The molecule has 3 rings (SSSR count). The van der Waals surface area contributed by atoms with E-state index in [1.807, 2.05) is 24.3 Å². The molecule has 0 saturated carbocycles. The number of amides is 1. The molecule has 0 atom stereocenters. The van der Waals surface area contributed by atoms with E-state index in [1.54, 1.807) is 43.3 Å². The summed E-state index contributed by atoms with van der Waals surface area (Å²) in [5.41, 5.74) is 2.84. The van der Waals surface area contributed by atoms with Gasteiger partial charge in [0.05, 0.1) is 17.1 Å². The molecule has 0 saturated heterocycles. The van der Waals surface area contributed by atoms with Crippen molar-refractivity contribution in [2.75, 3.05) is 17.9 Å². The first-order valence-electron chi connectivity index (χ1n) is 10.8. The lowest BCUT2D eigenvalue weighted by molar-refractivity contribution is 0.0947. The van der Waals surface area contributed by atoms with Gasteiger partial charge in [-0.25, -0.2) is 8.42 Å². The van der Waals surface area contributed by atoms with Gasteiger partial charge in [-0.2, -0.15) is 0 Å².